The largest absolute Gasteiger partial charge is 0.384 e. The molecule has 0 aromatic carbocycles. The molecule has 0 amide bonds. The highest BCUT2D eigenvalue weighted by Crippen LogP contribution is 2.32. The molecular formula is C14H24N4O. The molecule has 0 atom stereocenters. The summed E-state index contributed by atoms with van der Waals surface area (Å²) in [5.74, 6) is 2.26. The third-order valence-corrected chi connectivity index (χ3v) is 3.22. The van der Waals surface area contributed by atoms with Gasteiger partial charge in [-0.25, -0.2) is 9.97 Å². The van der Waals surface area contributed by atoms with Gasteiger partial charge < -0.3 is 15.4 Å². The Labute approximate surface area is 115 Å². The predicted octanol–water partition coefficient (Wildman–Crippen LogP) is 1.97. The van der Waals surface area contributed by atoms with Gasteiger partial charge in [-0.05, 0) is 12.8 Å². The molecular weight excluding hydrogens is 240 g/mol. The van der Waals surface area contributed by atoms with Crippen LogP contribution in [0.5, 0.6) is 0 Å². The Morgan fingerprint density at radius 1 is 1.37 bits per heavy atom. The minimum Gasteiger partial charge on any atom is -0.384 e. The molecule has 106 valence electrons. The van der Waals surface area contributed by atoms with Gasteiger partial charge in [0, 0.05) is 31.2 Å². The van der Waals surface area contributed by atoms with Crippen LogP contribution in [-0.2, 0) is 10.2 Å². The zero-order valence-electron chi connectivity index (χ0n) is 12.3. The summed E-state index contributed by atoms with van der Waals surface area (Å²) in [6, 6.07) is 2.45. The van der Waals surface area contributed by atoms with Gasteiger partial charge in [-0.3, -0.25) is 0 Å². The van der Waals surface area contributed by atoms with Crippen molar-refractivity contribution in [1.29, 1.82) is 0 Å². The summed E-state index contributed by atoms with van der Waals surface area (Å²) in [4.78, 5) is 11.3. The molecule has 0 saturated heterocycles. The molecule has 1 aliphatic rings. The van der Waals surface area contributed by atoms with E-state index in [4.69, 9.17) is 15.5 Å². The third-order valence-electron chi connectivity index (χ3n) is 3.22. The molecule has 2 N–H and O–H groups in total. The van der Waals surface area contributed by atoms with Crippen molar-refractivity contribution in [1.82, 2.24) is 9.97 Å². The lowest BCUT2D eigenvalue weighted by Crippen LogP contribution is -2.31. The molecule has 19 heavy (non-hydrogen) atoms. The molecule has 5 nitrogen and oxygen atoms in total. The molecule has 0 aliphatic heterocycles. The summed E-state index contributed by atoms with van der Waals surface area (Å²) in [7, 11) is 1.72. The molecule has 2 rings (SSSR count). The molecule has 0 radical (unpaired) electrons. The maximum absolute atomic E-state index is 5.93. The van der Waals surface area contributed by atoms with E-state index in [9.17, 15) is 0 Å². The predicted molar refractivity (Wildman–Crippen MR) is 77.4 cm³/mol. The molecule has 1 aromatic heterocycles. The van der Waals surface area contributed by atoms with Crippen LogP contribution in [0.3, 0.4) is 0 Å². The maximum Gasteiger partial charge on any atom is 0.138 e. The highest BCUT2D eigenvalue weighted by molar-refractivity contribution is 5.49. The van der Waals surface area contributed by atoms with Crippen LogP contribution in [0.25, 0.3) is 0 Å². The second-order valence-electron chi connectivity index (χ2n) is 6.14. The van der Waals surface area contributed by atoms with E-state index in [1.165, 1.54) is 12.8 Å². The minimum absolute atomic E-state index is 0.0966. The number of anilines is 2. The molecule has 0 unspecified atom stereocenters. The first-order valence-corrected chi connectivity index (χ1v) is 6.82. The topological polar surface area (TPSA) is 64.3 Å². The lowest BCUT2D eigenvalue weighted by Gasteiger charge is -2.25. The standard InChI is InChI=1S/C14H24N4O/c1-14(2,3)13-16-11(15)9-12(17-13)18(7-8-19-4)10-5-6-10/h9-10H,5-8H2,1-4H3,(H2,15,16,17). The lowest BCUT2D eigenvalue weighted by molar-refractivity contribution is 0.204. The molecule has 1 aliphatic carbocycles. The van der Waals surface area contributed by atoms with E-state index in [0.29, 0.717) is 18.5 Å². The zero-order valence-corrected chi connectivity index (χ0v) is 12.3. The number of rotatable bonds is 5. The normalized spacial score (nSPS) is 15.6. The zero-order chi connectivity index (χ0) is 14.0. The smallest absolute Gasteiger partial charge is 0.138 e. The number of hydrogen-bond acceptors (Lipinski definition) is 5. The fourth-order valence-electron chi connectivity index (χ4n) is 2.00. The van der Waals surface area contributed by atoms with Crippen LogP contribution >= 0.6 is 0 Å². The van der Waals surface area contributed by atoms with E-state index >= 15 is 0 Å². The van der Waals surface area contributed by atoms with Gasteiger partial charge >= 0.3 is 0 Å². The van der Waals surface area contributed by atoms with Gasteiger partial charge in [0.2, 0.25) is 0 Å². The van der Waals surface area contributed by atoms with Gasteiger partial charge in [-0.15, -0.1) is 0 Å². The van der Waals surface area contributed by atoms with Crippen molar-refractivity contribution in [2.75, 3.05) is 30.9 Å². The van der Waals surface area contributed by atoms with E-state index < -0.39 is 0 Å². The first-order valence-electron chi connectivity index (χ1n) is 6.82. The van der Waals surface area contributed by atoms with Gasteiger partial charge in [0.05, 0.1) is 6.61 Å². The second-order valence-corrected chi connectivity index (χ2v) is 6.14. The summed E-state index contributed by atoms with van der Waals surface area (Å²) in [6.45, 7) is 7.85. The minimum atomic E-state index is -0.0966. The van der Waals surface area contributed by atoms with Crippen molar-refractivity contribution in [3.63, 3.8) is 0 Å². The van der Waals surface area contributed by atoms with Gasteiger partial charge in [-0.2, -0.15) is 0 Å². The van der Waals surface area contributed by atoms with E-state index in [0.717, 1.165) is 18.2 Å². The molecule has 0 bridgehead atoms. The van der Waals surface area contributed by atoms with E-state index in [-0.39, 0.29) is 5.41 Å². The van der Waals surface area contributed by atoms with E-state index in [1.807, 2.05) is 6.07 Å². The second kappa shape index (κ2) is 5.33. The van der Waals surface area contributed by atoms with Crippen molar-refractivity contribution in [2.24, 2.45) is 0 Å². The summed E-state index contributed by atoms with van der Waals surface area (Å²) in [6.07, 6.45) is 2.44. The van der Waals surface area contributed by atoms with Crippen LogP contribution in [0.15, 0.2) is 6.07 Å². The number of nitrogen functional groups attached to an aromatic ring is 1. The fourth-order valence-corrected chi connectivity index (χ4v) is 2.00. The SMILES string of the molecule is COCCN(c1cc(N)nc(C(C)(C)C)n1)C1CC1. The quantitative estimate of drug-likeness (QED) is 0.881. The van der Waals surface area contributed by atoms with E-state index in [2.05, 4.69) is 30.7 Å². The Morgan fingerprint density at radius 2 is 2.05 bits per heavy atom. The number of aromatic nitrogens is 2. The number of methoxy groups -OCH3 is 1. The van der Waals surface area contributed by atoms with Crippen LogP contribution in [0.4, 0.5) is 11.6 Å². The lowest BCUT2D eigenvalue weighted by atomic mass is 9.96. The Hall–Kier alpha value is -1.36. The van der Waals surface area contributed by atoms with Crippen LogP contribution in [-0.4, -0.2) is 36.3 Å². The Bertz CT molecular complexity index is 438. The van der Waals surface area contributed by atoms with Crippen LogP contribution in [0, 0.1) is 0 Å². The van der Waals surface area contributed by atoms with Crippen molar-refractivity contribution in [2.45, 2.75) is 45.1 Å². The van der Waals surface area contributed by atoms with Crippen LogP contribution in [0.1, 0.15) is 39.4 Å². The van der Waals surface area contributed by atoms with Gasteiger partial charge in [0.1, 0.15) is 17.5 Å². The van der Waals surface area contributed by atoms with E-state index in [1.54, 1.807) is 7.11 Å². The highest BCUT2D eigenvalue weighted by atomic mass is 16.5. The Morgan fingerprint density at radius 3 is 2.58 bits per heavy atom. The molecule has 5 heteroatoms. The van der Waals surface area contributed by atoms with Crippen molar-refractivity contribution >= 4 is 11.6 Å². The molecule has 1 heterocycles. The Kier molecular flexibility index (Phi) is 3.94. The van der Waals surface area contributed by atoms with Crippen molar-refractivity contribution in [3.05, 3.63) is 11.9 Å². The Balaban J connectivity index is 2.28. The molecule has 1 aromatic rings. The average Bonchev–Trinajstić information content (AvgIpc) is 3.12. The molecule has 1 saturated carbocycles. The highest BCUT2D eigenvalue weighted by Gasteiger charge is 2.31. The van der Waals surface area contributed by atoms with Crippen LogP contribution < -0.4 is 10.6 Å². The molecule has 0 spiro atoms. The van der Waals surface area contributed by atoms with Crippen molar-refractivity contribution in [3.8, 4) is 0 Å². The third kappa shape index (κ3) is 3.56. The number of hydrogen-bond donors (Lipinski definition) is 1. The van der Waals surface area contributed by atoms with Crippen LogP contribution in [0.2, 0.25) is 0 Å². The maximum atomic E-state index is 5.93. The first kappa shape index (κ1) is 14.1. The first-order chi connectivity index (χ1) is 8.91. The summed E-state index contributed by atoms with van der Waals surface area (Å²) < 4.78 is 5.18. The summed E-state index contributed by atoms with van der Waals surface area (Å²) in [5, 5.41) is 0. The van der Waals surface area contributed by atoms with Gasteiger partial charge in [0.25, 0.3) is 0 Å². The summed E-state index contributed by atoms with van der Waals surface area (Å²) >= 11 is 0. The monoisotopic (exact) mass is 264 g/mol. The van der Waals surface area contributed by atoms with Gasteiger partial charge in [0.15, 0.2) is 0 Å². The summed E-state index contributed by atoms with van der Waals surface area (Å²) in [5.41, 5.74) is 5.84. The average molecular weight is 264 g/mol. The number of nitrogens with two attached hydrogens (primary N) is 1. The van der Waals surface area contributed by atoms with Gasteiger partial charge in [-0.1, -0.05) is 20.8 Å². The van der Waals surface area contributed by atoms with Crippen molar-refractivity contribution < 1.29 is 4.74 Å². The molecule has 1 fully saturated rings. The number of ether oxygens (including phenoxy) is 1. The number of nitrogens with zero attached hydrogens (tertiary/aromatic N) is 3. The fraction of sp³-hybridized carbons (Fsp3) is 0.714.